The van der Waals surface area contributed by atoms with Crippen LogP contribution in [0, 0.1) is 28.9 Å². The van der Waals surface area contributed by atoms with Crippen molar-refractivity contribution < 1.29 is 13.6 Å². The van der Waals surface area contributed by atoms with Crippen molar-refractivity contribution in [1.29, 1.82) is 5.26 Å². The summed E-state index contributed by atoms with van der Waals surface area (Å²) in [6.45, 7) is 0. The molecule has 0 spiro atoms. The topological polar surface area (TPSA) is 40.9 Å². The first kappa shape index (κ1) is 12.7. The predicted molar refractivity (Wildman–Crippen MR) is 61.8 cm³/mol. The highest BCUT2D eigenvalue weighted by Crippen LogP contribution is 2.35. The molecule has 0 saturated heterocycles. The fraction of sp³-hybridized carbons (Fsp3) is 0.429. The van der Waals surface area contributed by atoms with Gasteiger partial charge in [-0.15, -0.1) is 0 Å². The molecule has 4 heteroatoms. The summed E-state index contributed by atoms with van der Waals surface area (Å²) in [4.78, 5) is 10.6. The minimum absolute atomic E-state index is 0.0781. The van der Waals surface area contributed by atoms with Crippen LogP contribution in [0.2, 0.25) is 0 Å². The zero-order valence-corrected chi connectivity index (χ0v) is 9.83. The summed E-state index contributed by atoms with van der Waals surface area (Å²) < 4.78 is 27.0. The highest BCUT2D eigenvalue weighted by molar-refractivity contribution is 5.53. The molecule has 2 nitrogen and oxygen atoms in total. The van der Waals surface area contributed by atoms with Crippen molar-refractivity contribution in [3.8, 4) is 6.07 Å². The van der Waals surface area contributed by atoms with Gasteiger partial charge in [-0.3, -0.25) is 0 Å². The van der Waals surface area contributed by atoms with Crippen LogP contribution in [0.1, 0.15) is 42.7 Å². The molecule has 0 bridgehead atoms. The Bertz CT molecular complexity index is 476. The standard InChI is InChI=1S/C14H13F2NO/c15-13-5-11(6-14(16)12(13)7-17)10-3-1-9(8-18)2-4-10/h5-6,8-10H,1-4H2. The van der Waals surface area contributed by atoms with E-state index in [0.29, 0.717) is 5.56 Å². The van der Waals surface area contributed by atoms with Crippen LogP contribution in [0.3, 0.4) is 0 Å². The van der Waals surface area contributed by atoms with Crippen molar-refractivity contribution in [1.82, 2.24) is 0 Å². The lowest BCUT2D eigenvalue weighted by molar-refractivity contribution is -0.111. The molecule has 1 saturated carbocycles. The van der Waals surface area contributed by atoms with Crippen LogP contribution in [0.4, 0.5) is 8.78 Å². The monoisotopic (exact) mass is 249 g/mol. The van der Waals surface area contributed by atoms with Gasteiger partial charge in [-0.1, -0.05) is 0 Å². The van der Waals surface area contributed by atoms with Crippen molar-refractivity contribution in [2.45, 2.75) is 31.6 Å². The minimum Gasteiger partial charge on any atom is -0.303 e. The largest absolute Gasteiger partial charge is 0.303 e. The Balaban J connectivity index is 2.20. The normalized spacial score (nSPS) is 23.4. The maximum absolute atomic E-state index is 13.5. The first-order chi connectivity index (χ1) is 8.65. The maximum atomic E-state index is 13.5. The second kappa shape index (κ2) is 5.26. The molecular weight excluding hydrogens is 236 g/mol. The van der Waals surface area contributed by atoms with Gasteiger partial charge in [-0.2, -0.15) is 5.26 Å². The summed E-state index contributed by atoms with van der Waals surface area (Å²) in [6, 6.07) is 4.00. The number of hydrogen-bond acceptors (Lipinski definition) is 2. The smallest absolute Gasteiger partial charge is 0.144 e. The van der Waals surface area contributed by atoms with Gasteiger partial charge in [-0.05, 0) is 49.3 Å². The van der Waals surface area contributed by atoms with Gasteiger partial charge in [0.2, 0.25) is 0 Å². The Morgan fingerprint density at radius 2 is 1.72 bits per heavy atom. The van der Waals surface area contributed by atoms with Gasteiger partial charge in [0.15, 0.2) is 0 Å². The Labute approximate surface area is 104 Å². The van der Waals surface area contributed by atoms with E-state index in [1.165, 1.54) is 18.2 Å². The molecule has 0 radical (unpaired) electrons. The van der Waals surface area contributed by atoms with Crippen molar-refractivity contribution >= 4 is 6.29 Å². The van der Waals surface area contributed by atoms with E-state index in [2.05, 4.69) is 0 Å². The van der Waals surface area contributed by atoms with E-state index >= 15 is 0 Å². The van der Waals surface area contributed by atoms with Gasteiger partial charge in [0, 0.05) is 5.92 Å². The number of carbonyl (C=O) groups is 1. The van der Waals surface area contributed by atoms with Crippen LogP contribution < -0.4 is 0 Å². The Hall–Kier alpha value is -1.76. The molecule has 1 aliphatic rings. The zero-order chi connectivity index (χ0) is 13.1. The van der Waals surface area contributed by atoms with E-state index in [1.54, 1.807) is 0 Å². The predicted octanol–water partition coefficient (Wildman–Crippen LogP) is 3.31. The third-order valence-electron chi connectivity index (χ3n) is 3.61. The lowest BCUT2D eigenvalue weighted by Gasteiger charge is -2.25. The third-order valence-corrected chi connectivity index (χ3v) is 3.61. The first-order valence-corrected chi connectivity index (χ1v) is 6.00. The zero-order valence-electron chi connectivity index (χ0n) is 9.83. The van der Waals surface area contributed by atoms with Crippen molar-refractivity contribution in [2.75, 3.05) is 0 Å². The fourth-order valence-corrected chi connectivity index (χ4v) is 2.52. The molecule has 1 aromatic carbocycles. The quantitative estimate of drug-likeness (QED) is 0.754. The Morgan fingerprint density at radius 1 is 1.17 bits per heavy atom. The van der Waals surface area contributed by atoms with Crippen LogP contribution in [-0.2, 0) is 4.79 Å². The lowest BCUT2D eigenvalue weighted by atomic mass is 9.79. The molecule has 0 heterocycles. The molecule has 1 aliphatic carbocycles. The van der Waals surface area contributed by atoms with E-state index in [-0.39, 0.29) is 11.8 Å². The molecule has 1 aromatic rings. The molecule has 0 amide bonds. The summed E-state index contributed by atoms with van der Waals surface area (Å²) in [5, 5.41) is 8.60. The average molecular weight is 249 g/mol. The summed E-state index contributed by atoms with van der Waals surface area (Å²) in [5.74, 6) is -1.44. The SMILES string of the molecule is N#Cc1c(F)cc(C2CCC(C=O)CC2)cc1F. The molecule has 1 fully saturated rings. The van der Waals surface area contributed by atoms with E-state index in [9.17, 15) is 13.6 Å². The van der Waals surface area contributed by atoms with Gasteiger partial charge in [0.1, 0.15) is 29.6 Å². The van der Waals surface area contributed by atoms with E-state index in [0.717, 1.165) is 32.0 Å². The number of rotatable bonds is 2. The number of carbonyl (C=O) groups excluding carboxylic acids is 1. The number of halogens is 2. The number of benzene rings is 1. The minimum atomic E-state index is -0.801. The number of hydrogen-bond donors (Lipinski definition) is 0. The highest BCUT2D eigenvalue weighted by Gasteiger charge is 2.23. The number of aldehydes is 1. The summed E-state index contributed by atoms with van der Waals surface area (Å²) >= 11 is 0. The van der Waals surface area contributed by atoms with Crippen molar-refractivity contribution in [3.05, 3.63) is 34.9 Å². The maximum Gasteiger partial charge on any atom is 0.144 e. The van der Waals surface area contributed by atoms with Gasteiger partial charge in [0.05, 0.1) is 0 Å². The average Bonchev–Trinajstić information content (AvgIpc) is 2.38. The highest BCUT2D eigenvalue weighted by atomic mass is 19.1. The Morgan fingerprint density at radius 3 is 2.17 bits per heavy atom. The van der Waals surface area contributed by atoms with Gasteiger partial charge >= 0.3 is 0 Å². The molecule has 0 aromatic heterocycles. The van der Waals surface area contributed by atoms with Crippen LogP contribution in [0.5, 0.6) is 0 Å². The molecule has 0 unspecified atom stereocenters. The van der Waals surface area contributed by atoms with Crippen LogP contribution in [0.25, 0.3) is 0 Å². The molecule has 94 valence electrons. The molecule has 2 rings (SSSR count). The number of nitrogens with zero attached hydrogens (tertiary/aromatic N) is 1. The molecule has 18 heavy (non-hydrogen) atoms. The van der Waals surface area contributed by atoms with Gasteiger partial charge < -0.3 is 4.79 Å². The lowest BCUT2D eigenvalue weighted by Crippen LogP contribution is -2.14. The van der Waals surface area contributed by atoms with Gasteiger partial charge in [0.25, 0.3) is 0 Å². The van der Waals surface area contributed by atoms with Gasteiger partial charge in [-0.25, -0.2) is 8.78 Å². The van der Waals surface area contributed by atoms with Crippen LogP contribution in [-0.4, -0.2) is 6.29 Å². The third kappa shape index (κ3) is 2.40. The van der Waals surface area contributed by atoms with E-state index < -0.39 is 17.2 Å². The fourth-order valence-electron chi connectivity index (χ4n) is 2.52. The second-order valence-corrected chi connectivity index (χ2v) is 4.72. The van der Waals surface area contributed by atoms with E-state index in [1.807, 2.05) is 0 Å². The molecular formula is C14H13F2NO. The van der Waals surface area contributed by atoms with Crippen molar-refractivity contribution in [3.63, 3.8) is 0 Å². The second-order valence-electron chi connectivity index (χ2n) is 4.72. The number of nitriles is 1. The molecule has 0 N–H and O–H groups in total. The first-order valence-electron chi connectivity index (χ1n) is 6.00. The summed E-state index contributed by atoms with van der Waals surface area (Å²) in [6.07, 6.45) is 3.99. The van der Waals surface area contributed by atoms with E-state index in [4.69, 9.17) is 5.26 Å². The van der Waals surface area contributed by atoms with Crippen LogP contribution in [0.15, 0.2) is 12.1 Å². The Kier molecular flexibility index (Phi) is 3.71. The summed E-state index contributed by atoms with van der Waals surface area (Å²) in [7, 11) is 0. The molecule has 0 aliphatic heterocycles. The molecule has 0 atom stereocenters. The van der Waals surface area contributed by atoms with Crippen molar-refractivity contribution in [2.24, 2.45) is 5.92 Å². The van der Waals surface area contributed by atoms with Crippen LogP contribution >= 0.6 is 0 Å². The summed E-state index contributed by atoms with van der Waals surface area (Å²) in [5.41, 5.74) is 0.0636.